The maximum Gasteiger partial charge on any atom is 0.411 e. The van der Waals surface area contributed by atoms with Gasteiger partial charge in [0, 0.05) is 5.69 Å². The summed E-state index contributed by atoms with van der Waals surface area (Å²) < 4.78 is 4.67. The Hall–Kier alpha value is -1.55. The topological polar surface area (TPSA) is 58.6 Å². The lowest BCUT2D eigenvalue weighted by Gasteiger charge is -2.06. The standard InChI is InChI=1S/C12H17NO3/c1-2-3-10-4-6-11(7-5-10)13-12(15)16-9-8-14/h4-7,14H,2-3,8-9H2,1H3,(H,13,15). The maximum absolute atomic E-state index is 11.1. The van der Waals surface area contributed by atoms with Crippen molar-refractivity contribution in [3.05, 3.63) is 29.8 Å². The Labute approximate surface area is 95.2 Å². The first-order valence-corrected chi connectivity index (χ1v) is 5.40. The summed E-state index contributed by atoms with van der Waals surface area (Å²) in [6.07, 6.45) is 1.60. The van der Waals surface area contributed by atoms with Crippen molar-refractivity contribution in [1.82, 2.24) is 0 Å². The molecular weight excluding hydrogens is 206 g/mol. The number of benzene rings is 1. The predicted octanol–water partition coefficient (Wildman–Crippen LogP) is 2.18. The van der Waals surface area contributed by atoms with Gasteiger partial charge in [0.05, 0.1) is 6.61 Å². The summed E-state index contributed by atoms with van der Waals surface area (Å²) >= 11 is 0. The highest BCUT2D eigenvalue weighted by molar-refractivity contribution is 5.84. The van der Waals surface area contributed by atoms with Gasteiger partial charge in [-0.25, -0.2) is 4.79 Å². The van der Waals surface area contributed by atoms with E-state index in [4.69, 9.17) is 5.11 Å². The number of aliphatic hydroxyl groups is 1. The fourth-order valence-electron chi connectivity index (χ4n) is 1.34. The monoisotopic (exact) mass is 223 g/mol. The second-order valence-electron chi connectivity index (χ2n) is 3.43. The van der Waals surface area contributed by atoms with Crippen LogP contribution in [0.1, 0.15) is 18.9 Å². The number of carbonyl (C=O) groups is 1. The number of aliphatic hydroxyl groups excluding tert-OH is 1. The third-order valence-corrected chi connectivity index (χ3v) is 2.06. The Bertz CT molecular complexity index is 322. The Morgan fingerprint density at radius 2 is 2.06 bits per heavy atom. The Morgan fingerprint density at radius 1 is 1.38 bits per heavy atom. The van der Waals surface area contributed by atoms with Crippen molar-refractivity contribution in [2.45, 2.75) is 19.8 Å². The highest BCUT2D eigenvalue weighted by atomic mass is 16.6. The molecule has 2 N–H and O–H groups in total. The molecule has 0 atom stereocenters. The molecule has 4 heteroatoms. The quantitative estimate of drug-likeness (QED) is 0.804. The summed E-state index contributed by atoms with van der Waals surface area (Å²) in [5, 5.41) is 11.0. The fourth-order valence-corrected chi connectivity index (χ4v) is 1.34. The largest absolute Gasteiger partial charge is 0.447 e. The van der Waals surface area contributed by atoms with Crippen molar-refractivity contribution in [1.29, 1.82) is 0 Å². The van der Waals surface area contributed by atoms with Crippen molar-refractivity contribution in [3.63, 3.8) is 0 Å². The van der Waals surface area contributed by atoms with E-state index in [1.165, 1.54) is 5.56 Å². The molecule has 1 aromatic carbocycles. The van der Waals surface area contributed by atoms with E-state index in [-0.39, 0.29) is 13.2 Å². The number of hydrogen-bond acceptors (Lipinski definition) is 3. The molecule has 1 rings (SSSR count). The average Bonchev–Trinajstić information content (AvgIpc) is 2.29. The molecule has 0 aromatic heterocycles. The number of hydrogen-bond donors (Lipinski definition) is 2. The first kappa shape index (κ1) is 12.5. The van der Waals surface area contributed by atoms with Gasteiger partial charge in [-0.2, -0.15) is 0 Å². The van der Waals surface area contributed by atoms with Gasteiger partial charge >= 0.3 is 6.09 Å². The van der Waals surface area contributed by atoms with E-state index in [2.05, 4.69) is 17.0 Å². The van der Waals surface area contributed by atoms with E-state index in [0.717, 1.165) is 12.8 Å². The number of anilines is 1. The van der Waals surface area contributed by atoms with Crippen LogP contribution in [0.5, 0.6) is 0 Å². The van der Waals surface area contributed by atoms with Gasteiger partial charge < -0.3 is 9.84 Å². The molecule has 0 bridgehead atoms. The molecule has 0 fully saturated rings. The molecule has 1 amide bonds. The van der Waals surface area contributed by atoms with Crippen LogP contribution in [0.4, 0.5) is 10.5 Å². The summed E-state index contributed by atoms with van der Waals surface area (Å²) in [5.74, 6) is 0. The third-order valence-electron chi connectivity index (χ3n) is 2.06. The van der Waals surface area contributed by atoms with Crippen LogP contribution in [-0.4, -0.2) is 24.4 Å². The molecule has 88 valence electrons. The lowest BCUT2D eigenvalue weighted by atomic mass is 10.1. The van der Waals surface area contributed by atoms with Crippen LogP contribution < -0.4 is 5.32 Å². The molecule has 1 aromatic rings. The molecule has 0 aliphatic heterocycles. The smallest absolute Gasteiger partial charge is 0.411 e. The second kappa shape index (κ2) is 6.85. The SMILES string of the molecule is CCCc1ccc(NC(=O)OCCO)cc1. The van der Waals surface area contributed by atoms with Crippen molar-refractivity contribution in [2.24, 2.45) is 0 Å². The zero-order valence-electron chi connectivity index (χ0n) is 9.40. The van der Waals surface area contributed by atoms with Gasteiger partial charge in [-0.1, -0.05) is 25.5 Å². The molecule has 0 saturated carbocycles. The molecule has 16 heavy (non-hydrogen) atoms. The van der Waals surface area contributed by atoms with Crippen LogP contribution in [0.3, 0.4) is 0 Å². The van der Waals surface area contributed by atoms with E-state index in [9.17, 15) is 4.79 Å². The molecule has 4 nitrogen and oxygen atoms in total. The predicted molar refractivity (Wildman–Crippen MR) is 62.5 cm³/mol. The van der Waals surface area contributed by atoms with Crippen molar-refractivity contribution in [2.75, 3.05) is 18.5 Å². The summed E-state index contributed by atoms with van der Waals surface area (Å²) in [5.41, 5.74) is 1.94. The van der Waals surface area contributed by atoms with Gasteiger partial charge in [-0.15, -0.1) is 0 Å². The molecule has 0 saturated heterocycles. The van der Waals surface area contributed by atoms with E-state index < -0.39 is 6.09 Å². The van der Waals surface area contributed by atoms with Crippen LogP contribution in [0.25, 0.3) is 0 Å². The van der Waals surface area contributed by atoms with E-state index in [0.29, 0.717) is 5.69 Å². The van der Waals surface area contributed by atoms with Gasteiger partial charge in [0.15, 0.2) is 0 Å². The molecule has 0 spiro atoms. The Morgan fingerprint density at radius 3 is 2.62 bits per heavy atom. The molecular formula is C12H17NO3. The minimum absolute atomic E-state index is 0.0136. The molecule has 0 aliphatic rings. The van der Waals surface area contributed by atoms with Crippen LogP contribution in [0.2, 0.25) is 0 Å². The minimum atomic E-state index is -0.544. The Balaban J connectivity index is 2.45. The summed E-state index contributed by atoms with van der Waals surface area (Å²) in [7, 11) is 0. The number of amides is 1. The lowest BCUT2D eigenvalue weighted by Crippen LogP contribution is -2.15. The van der Waals surface area contributed by atoms with Crippen molar-refractivity contribution >= 4 is 11.8 Å². The average molecular weight is 223 g/mol. The Kier molecular flexibility index (Phi) is 5.36. The van der Waals surface area contributed by atoms with E-state index in [1.807, 2.05) is 24.3 Å². The normalized spacial score (nSPS) is 9.88. The fraction of sp³-hybridized carbons (Fsp3) is 0.417. The van der Waals surface area contributed by atoms with Crippen molar-refractivity contribution in [3.8, 4) is 0 Å². The number of aryl methyl sites for hydroxylation is 1. The highest BCUT2D eigenvalue weighted by Crippen LogP contribution is 2.11. The van der Waals surface area contributed by atoms with Gasteiger partial charge in [-0.3, -0.25) is 5.32 Å². The minimum Gasteiger partial charge on any atom is -0.447 e. The lowest BCUT2D eigenvalue weighted by molar-refractivity contribution is 0.131. The van der Waals surface area contributed by atoms with Crippen LogP contribution in [0, 0.1) is 0 Å². The number of rotatable bonds is 5. The number of ether oxygens (including phenoxy) is 1. The molecule has 0 radical (unpaired) electrons. The van der Waals surface area contributed by atoms with Gasteiger partial charge in [0.25, 0.3) is 0 Å². The van der Waals surface area contributed by atoms with Crippen molar-refractivity contribution < 1.29 is 14.6 Å². The number of nitrogens with one attached hydrogen (secondary N) is 1. The maximum atomic E-state index is 11.1. The van der Waals surface area contributed by atoms with E-state index >= 15 is 0 Å². The first-order valence-electron chi connectivity index (χ1n) is 5.40. The van der Waals surface area contributed by atoms with Crippen LogP contribution in [0.15, 0.2) is 24.3 Å². The van der Waals surface area contributed by atoms with Gasteiger partial charge in [-0.05, 0) is 24.1 Å². The first-order chi connectivity index (χ1) is 7.76. The third kappa shape index (κ3) is 4.31. The molecule has 0 heterocycles. The number of carbonyl (C=O) groups excluding carboxylic acids is 1. The molecule has 0 unspecified atom stereocenters. The van der Waals surface area contributed by atoms with Crippen LogP contribution in [-0.2, 0) is 11.2 Å². The van der Waals surface area contributed by atoms with Gasteiger partial charge in [0.2, 0.25) is 0 Å². The molecule has 0 aliphatic carbocycles. The second-order valence-corrected chi connectivity index (χ2v) is 3.43. The summed E-state index contributed by atoms with van der Waals surface area (Å²) in [6, 6.07) is 7.63. The van der Waals surface area contributed by atoms with E-state index in [1.54, 1.807) is 0 Å². The summed E-state index contributed by atoms with van der Waals surface area (Å²) in [4.78, 5) is 11.1. The summed E-state index contributed by atoms with van der Waals surface area (Å²) in [6.45, 7) is 1.97. The van der Waals surface area contributed by atoms with Gasteiger partial charge in [0.1, 0.15) is 6.61 Å². The zero-order chi connectivity index (χ0) is 11.8. The highest BCUT2D eigenvalue weighted by Gasteiger charge is 2.01. The van der Waals surface area contributed by atoms with Crippen LogP contribution >= 0.6 is 0 Å². The zero-order valence-corrected chi connectivity index (χ0v) is 9.40.